The molecule has 266 valence electrons. The van der Waals surface area contributed by atoms with Gasteiger partial charge in [-0.2, -0.15) is 0 Å². The third kappa shape index (κ3) is 9.42. The fraction of sp³-hybridized carbons (Fsp3) is 0.500. The molecule has 2 aromatic carbocycles. The van der Waals surface area contributed by atoms with Crippen LogP contribution >= 0.6 is 23.2 Å². The first-order valence-electron chi connectivity index (χ1n) is 16.7. The minimum atomic E-state index is -1.77. The molecule has 0 aliphatic heterocycles. The summed E-state index contributed by atoms with van der Waals surface area (Å²) >= 11 is 13.4. The van der Waals surface area contributed by atoms with Gasteiger partial charge in [0.05, 0.1) is 31.5 Å². The summed E-state index contributed by atoms with van der Waals surface area (Å²) in [5.74, 6) is 0.867. The number of ether oxygens (including phenoxy) is 2. The van der Waals surface area contributed by atoms with Gasteiger partial charge in [0.2, 0.25) is 0 Å². The van der Waals surface area contributed by atoms with Crippen LogP contribution in [0.15, 0.2) is 54.9 Å². The molecule has 2 amide bonds. The van der Waals surface area contributed by atoms with Crippen molar-refractivity contribution in [2.45, 2.75) is 87.7 Å². The zero-order valence-electron chi connectivity index (χ0n) is 27.5. The zero-order valence-corrected chi connectivity index (χ0v) is 29.0. The molecule has 2 aliphatic rings. The number of carbonyl (C=O) groups is 1. The average Bonchev–Trinajstić information content (AvgIpc) is 4.06. The number of aromatic nitrogens is 1. The lowest BCUT2D eigenvalue weighted by atomic mass is 9.96. The minimum absolute atomic E-state index is 0.245. The van der Waals surface area contributed by atoms with Gasteiger partial charge < -0.3 is 45.2 Å². The van der Waals surface area contributed by atoms with Crippen LogP contribution in [0.25, 0.3) is 11.1 Å². The first kappa shape index (κ1) is 37.3. The van der Waals surface area contributed by atoms with E-state index < -0.39 is 42.7 Å². The van der Waals surface area contributed by atoms with E-state index in [1.807, 2.05) is 42.6 Å². The van der Waals surface area contributed by atoms with E-state index >= 15 is 0 Å². The molecule has 4 unspecified atom stereocenters. The zero-order chi connectivity index (χ0) is 35.1. The fourth-order valence-corrected chi connectivity index (χ4v) is 6.37. The number of rotatable bonds is 18. The molecule has 49 heavy (non-hydrogen) atoms. The van der Waals surface area contributed by atoms with E-state index in [0.717, 1.165) is 59.3 Å². The van der Waals surface area contributed by atoms with Crippen molar-refractivity contribution >= 4 is 29.2 Å². The molecule has 13 heteroatoms. The Morgan fingerprint density at radius 3 is 2.39 bits per heavy atom. The first-order valence-corrected chi connectivity index (χ1v) is 17.4. The third-order valence-electron chi connectivity index (χ3n) is 9.09. The van der Waals surface area contributed by atoms with E-state index in [9.17, 15) is 25.2 Å². The lowest BCUT2D eigenvalue weighted by Gasteiger charge is -2.30. The van der Waals surface area contributed by atoms with Crippen molar-refractivity contribution < 1.29 is 39.8 Å². The minimum Gasteiger partial charge on any atom is -0.490 e. The summed E-state index contributed by atoms with van der Waals surface area (Å²) in [6.07, 6.45) is 2.87. The van der Waals surface area contributed by atoms with Crippen LogP contribution in [0.1, 0.15) is 55.2 Å². The number of pyridine rings is 1. The Labute approximate surface area is 296 Å². The highest BCUT2D eigenvalue weighted by Gasteiger charge is 2.48. The van der Waals surface area contributed by atoms with Crippen LogP contribution in [0.2, 0.25) is 10.0 Å². The number of carbonyl (C=O) groups excluding carboxylic acids is 1. The number of hydrogen-bond donors (Lipinski definition) is 6. The summed E-state index contributed by atoms with van der Waals surface area (Å²) < 4.78 is 12.8. The highest BCUT2D eigenvalue weighted by Crippen LogP contribution is 2.53. The van der Waals surface area contributed by atoms with Crippen LogP contribution in [0.4, 0.5) is 4.79 Å². The summed E-state index contributed by atoms with van der Waals surface area (Å²) in [5, 5.41) is 52.6. The average molecular weight is 719 g/mol. The monoisotopic (exact) mass is 717 g/mol. The quantitative estimate of drug-likeness (QED) is 0.106. The number of benzene rings is 2. The molecule has 2 aliphatic carbocycles. The number of aliphatic hydroxyl groups excluding tert-OH is 5. The van der Waals surface area contributed by atoms with Crippen LogP contribution < -0.4 is 10.1 Å². The molecule has 2 fully saturated rings. The second-order valence-electron chi connectivity index (χ2n) is 12.8. The molecule has 2 saturated carbocycles. The Kier molecular flexibility index (Phi) is 12.8. The largest absolute Gasteiger partial charge is 0.490 e. The SMILES string of the molecule is CNC(=O)N(CCCCc1cc(Cl)c(COC2(c3cnccc3-c3ccccc3OC3CC3)CC2)cc1Cl)CC(O)C(O)C(O)C(O)CO. The second-order valence-corrected chi connectivity index (χ2v) is 13.6. The number of nitrogens with zero attached hydrogens (tertiary/aromatic N) is 2. The van der Waals surface area contributed by atoms with E-state index in [0.29, 0.717) is 29.3 Å². The predicted molar refractivity (Wildman–Crippen MR) is 186 cm³/mol. The van der Waals surface area contributed by atoms with Crippen molar-refractivity contribution in [2.75, 3.05) is 26.7 Å². The predicted octanol–water partition coefficient (Wildman–Crippen LogP) is 4.20. The number of aliphatic hydroxyl groups is 5. The molecule has 0 saturated heterocycles. The van der Waals surface area contributed by atoms with Crippen molar-refractivity contribution in [3.63, 3.8) is 0 Å². The third-order valence-corrected chi connectivity index (χ3v) is 9.79. The van der Waals surface area contributed by atoms with E-state index in [1.54, 1.807) is 6.20 Å². The van der Waals surface area contributed by atoms with Gasteiger partial charge in [-0.05, 0) is 85.9 Å². The van der Waals surface area contributed by atoms with Crippen LogP contribution in [0, 0.1) is 0 Å². The van der Waals surface area contributed by atoms with E-state index in [1.165, 1.54) is 11.9 Å². The molecule has 1 heterocycles. The van der Waals surface area contributed by atoms with Crippen molar-refractivity contribution in [1.82, 2.24) is 15.2 Å². The molecule has 4 atom stereocenters. The van der Waals surface area contributed by atoms with Crippen LogP contribution in [0.3, 0.4) is 0 Å². The highest BCUT2D eigenvalue weighted by molar-refractivity contribution is 6.34. The van der Waals surface area contributed by atoms with E-state index in [4.69, 9.17) is 37.8 Å². The lowest BCUT2D eigenvalue weighted by molar-refractivity contribution is -0.117. The van der Waals surface area contributed by atoms with Gasteiger partial charge in [-0.15, -0.1) is 0 Å². The molecule has 3 aromatic rings. The van der Waals surface area contributed by atoms with Crippen molar-refractivity contribution in [2.24, 2.45) is 0 Å². The summed E-state index contributed by atoms with van der Waals surface area (Å²) in [7, 11) is 1.44. The Morgan fingerprint density at radius 2 is 1.69 bits per heavy atom. The van der Waals surface area contributed by atoms with Crippen molar-refractivity contribution in [3.8, 4) is 16.9 Å². The number of halogens is 2. The molecule has 0 spiro atoms. The van der Waals surface area contributed by atoms with Gasteiger partial charge in [0, 0.05) is 47.2 Å². The Hall–Kier alpha value is -3.00. The van der Waals surface area contributed by atoms with Crippen LogP contribution in [-0.4, -0.2) is 98.7 Å². The topological polar surface area (TPSA) is 165 Å². The smallest absolute Gasteiger partial charge is 0.317 e. The highest BCUT2D eigenvalue weighted by atomic mass is 35.5. The van der Waals surface area contributed by atoms with E-state index in [2.05, 4.69) is 16.4 Å². The molecular weight excluding hydrogens is 673 g/mol. The van der Waals surface area contributed by atoms with Gasteiger partial charge in [-0.1, -0.05) is 41.4 Å². The Balaban J connectivity index is 1.18. The summed E-state index contributed by atoms with van der Waals surface area (Å²) in [6, 6.07) is 13.3. The molecule has 11 nitrogen and oxygen atoms in total. The van der Waals surface area contributed by atoms with Crippen LogP contribution in [0.5, 0.6) is 5.75 Å². The Bertz CT molecular complexity index is 1570. The lowest BCUT2D eigenvalue weighted by Crippen LogP contribution is -2.51. The standard InChI is InChI=1S/C36H45Cl2N3O8/c1-39-35(47)41(19-30(43)33(45)34(46)31(44)20-42)15-5-4-6-22-16-29(38)23(17-28(22)37)21-48-36(12-13-36)27-18-40-14-11-25(27)26-7-2-3-8-32(26)49-24-9-10-24/h2-3,7-8,11,14,16-18,24,30-31,33-34,42-46H,4-6,9-10,12-13,15,19-21H2,1H3,(H,39,47). The molecule has 0 radical (unpaired) electrons. The van der Waals surface area contributed by atoms with Gasteiger partial charge in [-0.3, -0.25) is 4.98 Å². The first-order chi connectivity index (χ1) is 23.6. The molecule has 5 rings (SSSR count). The summed E-state index contributed by atoms with van der Waals surface area (Å²) in [6.45, 7) is -0.564. The molecular formula is C36H45Cl2N3O8. The Morgan fingerprint density at radius 1 is 1.00 bits per heavy atom. The van der Waals surface area contributed by atoms with Gasteiger partial charge in [0.15, 0.2) is 0 Å². The van der Waals surface area contributed by atoms with Gasteiger partial charge in [0.1, 0.15) is 30.2 Å². The maximum absolute atomic E-state index is 12.4. The van der Waals surface area contributed by atoms with Crippen molar-refractivity contribution in [3.05, 3.63) is 81.6 Å². The van der Waals surface area contributed by atoms with Gasteiger partial charge >= 0.3 is 6.03 Å². The normalized spacial score (nSPS) is 17.6. The number of nitrogens with one attached hydrogen (secondary N) is 1. The molecule has 6 N–H and O–H groups in total. The number of aryl methyl sites for hydroxylation is 1. The van der Waals surface area contributed by atoms with Gasteiger partial charge in [0.25, 0.3) is 0 Å². The molecule has 1 aromatic heterocycles. The summed E-state index contributed by atoms with van der Waals surface area (Å²) in [4.78, 5) is 18.2. The van der Waals surface area contributed by atoms with Crippen molar-refractivity contribution in [1.29, 1.82) is 0 Å². The fourth-order valence-electron chi connectivity index (χ4n) is 5.85. The second kappa shape index (κ2) is 16.8. The number of amides is 2. The number of hydrogen-bond acceptors (Lipinski definition) is 9. The maximum Gasteiger partial charge on any atom is 0.317 e. The number of urea groups is 1. The molecule has 0 bridgehead atoms. The summed E-state index contributed by atoms with van der Waals surface area (Å²) in [5.41, 5.74) is 4.23. The number of unbranched alkanes of at least 4 members (excludes halogenated alkanes) is 1. The van der Waals surface area contributed by atoms with Crippen LogP contribution in [-0.2, 0) is 23.4 Å². The van der Waals surface area contributed by atoms with Gasteiger partial charge in [-0.25, -0.2) is 4.79 Å². The number of para-hydroxylation sites is 1. The van der Waals surface area contributed by atoms with E-state index in [-0.39, 0.29) is 25.8 Å². The maximum atomic E-state index is 12.4.